The van der Waals surface area contributed by atoms with Crippen molar-refractivity contribution in [2.75, 3.05) is 13.1 Å². The predicted molar refractivity (Wildman–Crippen MR) is 89.0 cm³/mol. The summed E-state index contributed by atoms with van der Waals surface area (Å²) in [5.74, 6) is 1.80. The second kappa shape index (κ2) is 5.62. The van der Waals surface area contributed by atoms with Gasteiger partial charge in [0.2, 0.25) is 0 Å². The van der Waals surface area contributed by atoms with Crippen LogP contribution in [0.5, 0.6) is 0 Å². The number of halogens is 1. The summed E-state index contributed by atoms with van der Waals surface area (Å²) in [6.45, 7) is 9.95. The van der Waals surface area contributed by atoms with E-state index in [-0.39, 0.29) is 5.41 Å². The van der Waals surface area contributed by atoms with E-state index in [0.29, 0.717) is 5.92 Å². The summed E-state index contributed by atoms with van der Waals surface area (Å²) >= 11 is 6.20. The molecule has 2 heterocycles. The molecule has 21 heavy (non-hydrogen) atoms. The molecule has 1 atom stereocenters. The summed E-state index contributed by atoms with van der Waals surface area (Å²) in [6.07, 6.45) is 2.26. The van der Waals surface area contributed by atoms with Crippen molar-refractivity contribution in [3.05, 3.63) is 29.0 Å². The highest BCUT2D eigenvalue weighted by Gasteiger charge is 2.42. The van der Waals surface area contributed by atoms with Crippen molar-refractivity contribution in [2.24, 2.45) is 5.92 Å². The number of nitrogens with one attached hydrogen (secondary N) is 1. The number of nitrogens with zero attached hydrogens (tertiary/aromatic N) is 2. The third-order valence-electron chi connectivity index (χ3n) is 4.90. The highest BCUT2D eigenvalue weighted by Crippen LogP contribution is 2.39. The Labute approximate surface area is 131 Å². The Balaban J connectivity index is 2.23. The van der Waals surface area contributed by atoms with Gasteiger partial charge < -0.3 is 9.88 Å². The SMILES string of the molecule is CCCn1c(C2(C(C)C)CCNC2)nc2ccc(Cl)cc21. The van der Waals surface area contributed by atoms with Gasteiger partial charge in [0.15, 0.2) is 0 Å². The first-order valence-electron chi connectivity index (χ1n) is 7.95. The molecule has 0 spiro atoms. The van der Waals surface area contributed by atoms with Crippen molar-refractivity contribution in [3.8, 4) is 0 Å². The smallest absolute Gasteiger partial charge is 0.117 e. The minimum Gasteiger partial charge on any atom is -0.327 e. The fraction of sp³-hybridized carbons (Fsp3) is 0.588. The Morgan fingerprint density at radius 2 is 2.24 bits per heavy atom. The molecule has 1 N–H and O–H groups in total. The lowest BCUT2D eigenvalue weighted by Crippen LogP contribution is -2.37. The molecule has 0 saturated carbocycles. The van der Waals surface area contributed by atoms with Crippen LogP contribution >= 0.6 is 11.6 Å². The number of hydrogen-bond donors (Lipinski definition) is 1. The van der Waals surface area contributed by atoms with Crippen LogP contribution in [0.25, 0.3) is 11.0 Å². The van der Waals surface area contributed by atoms with Crippen LogP contribution in [0.1, 0.15) is 39.4 Å². The van der Waals surface area contributed by atoms with Gasteiger partial charge in [0, 0.05) is 23.5 Å². The van der Waals surface area contributed by atoms with Crippen LogP contribution in [0.2, 0.25) is 5.02 Å². The first-order valence-corrected chi connectivity index (χ1v) is 8.33. The van der Waals surface area contributed by atoms with Gasteiger partial charge in [-0.2, -0.15) is 0 Å². The molecule has 0 bridgehead atoms. The number of benzene rings is 1. The van der Waals surface area contributed by atoms with E-state index in [0.717, 1.165) is 43.0 Å². The summed E-state index contributed by atoms with van der Waals surface area (Å²) in [4.78, 5) is 5.01. The zero-order valence-corrected chi connectivity index (χ0v) is 13.9. The molecule has 2 aromatic rings. The Kier molecular flexibility index (Phi) is 3.98. The number of hydrogen-bond acceptors (Lipinski definition) is 2. The highest BCUT2D eigenvalue weighted by molar-refractivity contribution is 6.31. The molecule has 114 valence electrons. The molecule has 0 aliphatic carbocycles. The van der Waals surface area contributed by atoms with Gasteiger partial charge in [0.05, 0.1) is 11.0 Å². The summed E-state index contributed by atoms with van der Waals surface area (Å²) in [5, 5.41) is 4.33. The lowest BCUT2D eigenvalue weighted by atomic mass is 9.75. The van der Waals surface area contributed by atoms with Crippen LogP contribution in [-0.2, 0) is 12.0 Å². The van der Waals surface area contributed by atoms with Crippen LogP contribution < -0.4 is 5.32 Å². The van der Waals surface area contributed by atoms with Crippen molar-refractivity contribution >= 4 is 22.6 Å². The van der Waals surface area contributed by atoms with Crippen molar-refractivity contribution in [1.82, 2.24) is 14.9 Å². The second-order valence-corrected chi connectivity index (χ2v) is 6.89. The van der Waals surface area contributed by atoms with Gasteiger partial charge in [-0.25, -0.2) is 4.98 Å². The molecule has 0 radical (unpaired) electrons. The van der Waals surface area contributed by atoms with Gasteiger partial charge in [-0.1, -0.05) is 32.4 Å². The van der Waals surface area contributed by atoms with Crippen molar-refractivity contribution in [2.45, 2.75) is 45.6 Å². The maximum atomic E-state index is 6.20. The van der Waals surface area contributed by atoms with E-state index in [4.69, 9.17) is 16.6 Å². The van der Waals surface area contributed by atoms with Crippen LogP contribution in [0.3, 0.4) is 0 Å². The van der Waals surface area contributed by atoms with Crippen molar-refractivity contribution in [1.29, 1.82) is 0 Å². The van der Waals surface area contributed by atoms with E-state index in [2.05, 4.69) is 36.7 Å². The highest BCUT2D eigenvalue weighted by atomic mass is 35.5. The third-order valence-corrected chi connectivity index (χ3v) is 5.13. The monoisotopic (exact) mass is 305 g/mol. The quantitative estimate of drug-likeness (QED) is 0.925. The van der Waals surface area contributed by atoms with E-state index in [1.807, 2.05) is 12.1 Å². The lowest BCUT2D eigenvalue weighted by molar-refractivity contribution is 0.307. The molecule has 1 saturated heterocycles. The molecule has 1 aromatic carbocycles. The van der Waals surface area contributed by atoms with Gasteiger partial charge in [-0.3, -0.25) is 0 Å². The molecule has 3 nitrogen and oxygen atoms in total. The molecule has 1 aromatic heterocycles. The minimum absolute atomic E-state index is 0.140. The first-order chi connectivity index (χ1) is 10.1. The fourth-order valence-corrected chi connectivity index (χ4v) is 3.75. The topological polar surface area (TPSA) is 29.9 Å². The van der Waals surface area contributed by atoms with Gasteiger partial charge in [0.25, 0.3) is 0 Å². The standard InChI is InChI=1S/C17H24ClN3/c1-4-9-21-15-10-13(18)5-6-14(15)20-16(21)17(12(2)3)7-8-19-11-17/h5-6,10,12,19H,4,7-9,11H2,1-3H3. The summed E-state index contributed by atoms with van der Waals surface area (Å²) in [6, 6.07) is 6.04. The first kappa shape index (κ1) is 14.9. The third kappa shape index (κ3) is 2.36. The molecule has 1 aliphatic rings. The van der Waals surface area contributed by atoms with Crippen LogP contribution in [0.15, 0.2) is 18.2 Å². The summed E-state index contributed by atoms with van der Waals surface area (Å²) in [5.41, 5.74) is 2.38. The zero-order chi connectivity index (χ0) is 15.0. The minimum atomic E-state index is 0.140. The Morgan fingerprint density at radius 3 is 2.86 bits per heavy atom. The van der Waals surface area contributed by atoms with Crippen molar-refractivity contribution in [3.63, 3.8) is 0 Å². The number of rotatable bonds is 4. The van der Waals surface area contributed by atoms with Crippen LogP contribution in [0, 0.1) is 5.92 Å². The van der Waals surface area contributed by atoms with E-state index in [1.54, 1.807) is 0 Å². The van der Waals surface area contributed by atoms with E-state index in [1.165, 1.54) is 11.3 Å². The fourth-order valence-electron chi connectivity index (χ4n) is 3.58. The summed E-state index contributed by atoms with van der Waals surface area (Å²) in [7, 11) is 0. The number of imidazole rings is 1. The van der Waals surface area contributed by atoms with Gasteiger partial charge in [0.1, 0.15) is 5.82 Å². The summed E-state index contributed by atoms with van der Waals surface area (Å²) < 4.78 is 2.40. The number of fused-ring (bicyclic) bond motifs is 1. The Morgan fingerprint density at radius 1 is 1.43 bits per heavy atom. The zero-order valence-electron chi connectivity index (χ0n) is 13.1. The molecule has 0 amide bonds. The number of aryl methyl sites for hydroxylation is 1. The molecule has 1 unspecified atom stereocenters. The molecular formula is C17H24ClN3. The predicted octanol–water partition coefficient (Wildman–Crippen LogP) is 3.99. The molecule has 4 heteroatoms. The molecule has 1 fully saturated rings. The largest absolute Gasteiger partial charge is 0.327 e. The molecule has 1 aliphatic heterocycles. The van der Waals surface area contributed by atoms with E-state index in [9.17, 15) is 0 Å². The number of aromatic nitrogens is 2. The normalized spacial score (nSPS) is 22.5. The van der Waals surface area contributed by atoms with Gasteiger partial charge in [-0.05, 0) is 43.5 Å². The Bertz CT molecular complexity index is 639. The van der Waals surface area contributed by atoms with Crippen molar-refractivity contribution < 1.29 is 0 Å². The van der Waals surface area contributed by atoms with Gasteiger partial charge >= 0.3 is 0 Å². The second-order valence-electron chi connectivity index (χ2n) is 6.46. The van der Waals surface area contributed by atoms with Crippen LogP contribution in [0.4, 0.5) is 0 Å². The van der Waals surface area contributed by atoms with Crippen LogP contribution in [-0.4, -0.2) is 22.6 Å². The van der Waals surface area contributed by atoms with E-state index >= 15 is 0 Å². The average molecular weight is 306 g/mol. The lowest BCUT2D eigenvalue weighted by Gasteiger charge is -2.32. The molecular weight excluding hydrogens is 282 g/mol. The maximum absolute atomic E-state index is 6.20. The molecule has 3 rings (SSSR count). The van der Waals surface area contributed by atoms with Gasteiger partial charge in [-0.15, -0.1) is 0 Å². The Hall–Kier alpha value is -1.06. The average Bonchev–Trinajstić information content (AvgIpc) is 3.05. The van der Waals surface area contributed by atoms with E-state index < -0.39 is 0 Å². The maximum Gasteiger partial charge on any atom is 0.117 e.